The zero-order chi connectivity index (χ0) is 13.2. The molecular formula is C8H14N2O6S. The third-order valence-electron chi connectivity index (χ3n) is 2.72. The van der Waals surface area contributed by atoms with E-state index in [1.807, 2.05) is 0 Å². The molecule has 0 spiro atoms. The fourth-order valence-corrected chi connectivity index (χ4v) is 3.13. The summed E-state index contributed by atoms with van der Waals surface area (Å²) in [4.78, 5) is 21.7. The van der Waals surface area contributed by atoms with Crippen molar-refractivity contribution in [1.29, 1.82) is 0 Å². The molecule has 0 aromatic heterocycles. The summed E-state index contributed by atoms with van der Waals surface area (Å²) < 4.78 is 30.2. The zero-order valence-corrected chi connectivity index (χ0v) is 10.2. The van der Waals surface area contributed by atoms with Crippen LogP contribution >= 0.6 is 0 Å². The summed E-state index contributed by atoms with van der Waals surface area (Å²) in [7, 11) is -3.00. The van der Waals surface area contributed by atoms with Crippen LogP contribution in [0, 0.1) is 5.92 Å². The third-order valence-corrected chi connectivity index (χ3v) is 4.28. The molecule has 0 aromatic rings. The van der Waals surface area contributed by atoms with Crippen LogP contribution in [0.15, 0.2) is 0 Å². The molecule has 1 rings (SSSR count). The number of hydrogen-bond donors (Lipinski definition) is 2. The summed E-state index contributed by atoms with van der Waals surface area (Å²) in [6.07, 6.45) is -0.880. The van der Waals surface area contributed by atoms with Gasteiger partial charge in [0.15, 0.2) is 0 Å². The number of amides is 1. The van der Waals surface area contributed by atoms with Gasteiger partial charge in [0.2, 0.25) is 0 Å². The maximum absolute atomic E-state index is 11.7. The van der Waals surface area contributed by atoms with Crippen molar-refractivity contribution < 1.29 is 27.9 Å². The minimum atomic E-state index is -4.04. The third kappa shape index (κ3) is 2.86. The lowest BCUT2D eigenvalue weighted by Gasteiger charge is -2.22. The first-order valence-electron chi connectivity index (χ1n) is 4.90. The highest BCUT2D eigenvalue weighted by molar-refractivity contribution is 7.87. The van der Waals surface area contributed by atoms with Gasteiger partial charge in [-0.3, -0.25) is 4.79 Å². The highest BCUT2D eigenvalue weighted by atomic mass is 32.2. The summed E-state index contributed by atoms with van der Waals surface area (Å²) in [6.45, 7) is 1.55. The minimum Gasteiger partial charge on any atom is -0.481 e. The lowest BCUT2D eigenvalue weighted by Crippen LogP contribution is -2.46. The Kier molecular flexibility index (Phi) is 3.94. The molecule has 2 N–H and O–H groups in total. The Bertz CT molecular complexity index is 420. The number of rotatable bonds is 3. The molecular weight excluding hydrogens is 252 g/mol. The number of nitrogens with one attached hydrogen (secondary N) is 1. The van der Waals surface area contributed by atoms with Gasteiger partial charge in [-0.15, -0.1) is 0 Å². The van der Waals surface area contributed by atoms with Crippen molar-refractivity contribution >= 4 is 22.3 Å². The molecule has 0 aromatic carbocycles. The number of hydrogen-bond acceptors (Lipinski definition) is 5. The normalized spacial score (nSPS) is 25.5. The fraction of sp³-hybridized carbons (Fsp3) is 0.750. The molecule has 1 amide bonds. The number of methoxy groups -OCH3 is 1. The standard InChI is InChI=1S/C8H14N2O6S/c1-5-6(7(11)12)3-4-10(5)17(14,15)9-8(13)16-2/h5-6H,3-4H2,1-2H3,(H,9,13)(H,11,12). The van der Waals surface area contributed by atoms with Crippen LogP contribution in [0.2, 0.25) is 0 Å². The van der Waals surface area contributed by atoms with E-state index in [-0.39, 0.29) is 13.0 Å². The Labute approximate surface area is 98.7 Å². The van der Waals surface area contributed by atoms with Gasteiger partial charge in [-0.25, -0.2) is 9.52 Å². The second-order valence-corrected chi connectivity index (χ2v) is 5.31. The molecule has 1 aliphatic rings. The number of carboxylic acid groups (broad SMARTS) is 1. The van der Waals surface area contributed by atoms with Crippen LogP contribution in [0.4, 0.5) is 4.79 Å². The van der Waals surface area contributed by atoms with E-state index in [1.165, 1.54) is 6.92 Å². The Morgan fingerprint density at radius 2 is 2.06 bits per heavy atom. The zero-order valence-electron chi connectivity index (χ0n) is 9.41. The van der Waals surface area contributed by atoms with Gasteiger partial charge in [0.05, 0.1) is 13.0 Å². The largest absolute Gasteiger partial charge is 0.481 e. The molecule has 1 saturated heterocycles. The molecule has 8 nitrogen and oxygen atoms in total. The van der Waals surface area contributed by atoms with E-state index in [1.54, 1.807) is 4.72 Å². The summed E-state index contributed by atoms with van der Waals surface area (Å²) in [5.41, 5.74) is 0. The summed E-state index contributed by atoms with van der Waals surface area (Å²) in [5, 5.41) is 8.86. The number of aliphatic carboxylic acids is 1. The second kappa shape index (κ2) is 4.88. The number of nitrogens with zero attached hydrogens (tertiary/aromatic N) is 1. The average molecular weight is 266 g/mol. The summed E-state index contributed by atoms with van der Waals surface area (Å²) in [6, 6.07) is -0.699. The van der Waals surface area contributed by atoms with Crippen molar-refractivity contribution in [3.05, 3.63) is 0 Å². The van der Waals surface area contributed by atoms with Crippen LogP contribution in [0.25, 0.3) is 0 Å². The van der Waals surface area contributed by atoms with Crippen molar-refractivity contribution in [3.63, 3.8) is 0 Å². The minimum absolute atomic E-state index is 0.0600. The quantitative estimate of drug-likeness (QED) is 0.704. The lowest BCUT2D eigenvalue weighted by molar-refractivity contribution is -0.142. The van der Waals surface area contributed by atoms with Crippen molar-refractivity contribution in [2.45, 2.75) is 19.4 Å². The van der Waals surface area contributed by atoms with Gasteiger partial charge in [0.25, 0.3) is 0 Å². The van der Waals surface area contributed by atoms with Crippen LogP contribution < -0.4 is 4.72 Å². The fourth-order valence-electron chi connectivity index (χ4n) is 1.79. The van der Waals surface area contributed by atoms with Crippen LogP contribution in [-0.2, 0) is 19.7 Å². The molecule has 17 heavy (non-hydrogen) atoms. The lowest BCUT2D eigenvalue weighted by atomic mass is 10.0. The molecule has 2 atom stereocenters. The summed E-state index contributed by atoms with van der Waals surface area (Å²) in [5.74, 6) is -1.81. The number of carboxylic acids is 1. The first-order chi connectivity index (χ1) is 7.79. The SMILES string of the molecule is COC(=O)NS(=O)(=O)N1CCC(C(=O)O)C1C. The Morgan fingerprint density at radius 1 is 1.47 bits per heavy atom. The summed E-state index contributed by atoms with van der Waals surface area (Å²) >= 11 is 0. The van der Waals surface area contributed by atoms with Crippen molar-refractivity contribution in [2.24, 2.45) is 5.92 Å². The van der Waals surface area contributed by atoms with Gasteiger partial charge in [0, 0.05) is 12.6 Å². The maximum atomic E-state index is 11.7. The van der Waals surface area contributed by atoms with E-state index in [2.05, 4.69) is 4.74 Å². The van der Waals surface area contributed by atoms with Gasteiger partial charge < -0.3 is 9.84 Å². The van der Waals surface area contributed by atoms with Gasteiger partial charge in [-0.05, 0) is 13.3 Å². The Hall–Kier alpha value is -1.35. The van der Waals surface area contributed by atoms with E-state index in [0.717, 1.165) is 11.4 Å². The van der Waals surface area contributed by atoms with Crippen LogP contribution in [0.1, 0.15) is 13.3 Å². The molecule has 9 heteroatoms. The first-order valence-corrected chi connectivity index (χ1v) is 6.34. The second-order valence-electron chi connectivity index (χ2n) is 3.68. The van der Waals surface area contributed by atoms with Crippen molar-refractivity contribution in [3.8, 4) is 0 Å². The molecule has 0 bridgehead atoms. The topological polar surface area (TPSA) is 113 Å². The van der Waals surface area contributed by atoms with Crippen LogP contribution in [-0.4, -0.2) is 49.6 Å². The van der Waals surface area contributed by atoms with Crippen molar-refractivity contribution in [2.75, 3.05) is 13.7 Å². The van der Waals surface area contributed by atoms with Crippen molar-refractivity contribution in [1.82, 2.24) is 9.03 Å². The molecule has 1 heterocycles. The highest BCUT2D eigenvalue weighted by Crippen LogP contribution is 2.26. The van der Waals surface area contributed by atoms with Gasteiger partial charge in [-0.1, -0.05) is 0 Å². The first kappa shape index (κ1) is 13.7. The van der Waals surface area contributed by atoms with E-state index in [9.17, 15) is 18.0 Å². The van der Waals surface area contributed by atoms with Gasteiger partial charge in [-0.2, -0.15) is 12.7 Å². The smallest absolute Gasteiger partial charge is 0.421 e. The van der Waals surface area contributed by atoms with E-state index in [4.69, 9.17) is 5.11 Å². The average Bonchev–Trinajstić information content (AvgIpc) is 2.59. The van der Waals surface area contributed by atoms with Crippen LogP contribution in [0.3, 0.4) is 0 Å². The highest BCUT2D eigenvalue weighted by Gasteiger charge is 2.42. The molecule has 98 valence electrons. The molecule has 0 aliphatic carbocycles. The Balaban J connectivity index is 2.81. The van der Waals surface area contributed by atoms with Crippen LogP contribution in [0.5, 0.6) is 0 Å². The predicted octanol–water partition coefficient (Wildman–Crippen LogP) is -0.618. The Morgan fingerprint density at radius 3 is 2.47 bits per heavy atom. The number of carbonyl (C=O) groups excluding carboxylic acids is 1. The molecule has 0 radical (unpaired) electrons. The molecule has 0 saturated carbocycles. The molecule has 1 aliphatic heterocycles. The van der Waals surface area contributed by atoms with Gasteiger partial charge in [0.1, 0.15) is 0 Å². The molecule has 1 fully saturated rings. The number of ether oxygens (including phenoxy) is 1. The van der Waals surface area contributed by atoms with Gasteiger partial charge >= 0.3 is 22.3 Å². The van der Waals surface area contributed by atoms with E-state index >= 15 is 0 Å². The maximum Gasteiger partial charge on any atom is 0.421 e. The number of carbonyl (C=O) groups is 2. The van der Waals surface area contributed by atoms with E-state index in [0.29, 0.717) is 0 Å². The van der Waals surface area contributed by atoms with E-state index < -0.39 is 34.2 Å². The molecule has 2 unspecified atom stereocenters. The monoisotopic (exact) mass is 266 g/mol. The predicted molar refractivity (Wildman–Crippen MR) is 56.4 cm³/mol.